The first-order valence-corrected chi connectivity index (χ1v) is 5.60. The summed E-state index contributed by atoms with van der Waals surface area (Å²) in [6.07, 6.45) is 2.50. The van der Waals surface area contributed by atoms with Crippen LogP contribution in [0.3, 0.4) is 0 Å². The third-order valence-corrected chi connectivity index (χ3v) is 3.39. The van der Waals surface area contributed by atoms with E-state index in [0.29, 0.717) is 23.4 Å². The van der Waals surface area contributed by atoms with E-state index in [9.17, 15) is 4.39 Å². The molecule has 1 aromatic heterocycles. The molecule has 0 aliphatic heterocycles. The summed E-state index contributed by atoms with van der Waals surface area (Å²) in [5, 5.41) is 0. The van der Waals surface area contributed by atoms with E-state index in [4.69, 9.17) is 5.73 Å². The molecule has 1 aromatic carbocycles. The van der Waals surface area contributed by atoms with Crippen molar-refractivity contribution in [3.8, 4) is 0 Å². The average Bonchev–Trinajstić information content (AvgIpc) is 3.01. The minimum Gasteiger partial charge on any atom is -0.369 e. The van der Waals surface area contributed by atoms with Crippen LogP contribution in [0.15, 0.2) is 18.2 Å². The van der Waals surface area contributed by atoms with Crippen molar-refractivity contribution in [1.29, 1.82) is 0 Å². The number of rotatable bonds is 2. The zero-order valence-corrected chi connectivity index (χ0v) is 9.15. The van der Waals surface area contributed by atoms with E-state index in [1.165, 1.54) is 25.0 Å². The number of nitrogens with two attached hydrogens (primary N) is 1. The SMILES string of the molecule is CC(C1CC1)n1c(N)nc2cc(F)ccc21. The molecule has 1 unspecified atom stereocenters. The highest BCUT2D eigenvalue weighted by Crippen LogP contribution is 2.41. The number of nitrogens with zero attached hydrogens (tertiary/aromatic N) is 2. The summed E-state index contributed by atoms with van der Waals surface area (Å²) >= 11 is 0. The van der Waals surface area contributed by atoms with Gasteiger partial charge in [0.1, 0.15) is 5.82 Å². The fraction of sp³-hybridized carbons (Fsp3) is 0.417. The van der Waals surface area contributed by atoms with Gasteiger partial charge >= 0.3 is 0 Å². The van der Waals surface area contributed by atoms with Crippen molar-refractivity contribution in [3.63, 3.8) is 0 Å². The molecule has 2 aromatic rings. The number of benzene rings is 1. The van der Waals surface area contributed by atoms with Crippen molar-refractivity contribution in [3.05, 3.63) is 24.0 Å². The number of halogens is 1. The molecule has 0 radical (unpaired) electrons. The quantitative estimate of drug-likeness (QED) is 0.844. The molecule has 1 aliphatic carbocycles. The lowest BCUT2D eigenvalue weighted by atomic mass is 10.2. The average molecular weight is 219 g/mol. The summed E-state index contributed by atoms with van der Waals surface area (Å²) in [5.74, 6) is 0.918. The molecule has 0 bridgehead atoms. The Labute approximate surface area is 93.1 Å². The molecular formula is C12H14FN3. The lowest BCUT2D eigenvalue weighted by Crippen LogP contribution is -2.10. The number of fused-ring (bicyclic) bond motifs is 1. The van der Waals surface area contributed by atoms with Crippen molar-refractivity contribution < 1.29 is 4.39 Å². The van der Waals surface area contributed by atoms with Gasteiger partial charge in [0.2, 0.25) is 5.95 Å². The van der Waals surface area contributed by atoms with Crippen LogP contribution in [0.4, 0.5) is 10.3 Å². The second-order valence-electron chi connectivity index (χ2n) is 4.55. The Balaban J connectivity index is 2.18. The molecule has 84 valence electrons. The first-order chi connectivity index (χ1) is 7.66. The van der Waals surface area contributed by atoms with Gasteiger partial charge in [-0.15, -0.1) is 0 Å². The van der Waals surface area contributed by atoms with Gasteiger partial charge in [-0.3, -0.25) is 0 Å². The lowest BCUT2D eigenvalue weighted by Gasteiger charge is -2.14. The summed E-state index contributed by atoms with van der Waals surface area (Å²) in [7, 11) is 0. The summed E-state index contributed by atoms with van der Waals surface area (Å²) in [5.41, 5.74) is 7.47. The van der Waals surface area contributed by atoms with Crippen LogP contribution in [-0.2, 0) is 0 Å². The molecule has 0 saturated heterocycles. The van der Waals surface area contributed by atoms with Gasteiger partial charge in [0.05, 0.1) is 11.0 Å². The Morgan fingerprint density at radius 1 is 1.50 bits per heavy atom. The maximum absolute atomic E-state index is 13.1. The van der Waals surface area contributed by atoms with Gasteiger partial charge in [0.25, 0.3) is 0 Å². The molecule has 1 fully saturated rings. The molecule has 1 aliphatic rings. The maximum Gasteiger partial charge on any atom is 0.201 e. The van der Waals surface area contributed by atoms with Crippen molar-refractivity contribution in [1.82, 2.24) is 9.55 Å². The molecule has 3 nitrogen and oxygen atoms in total. The summed E-state index contributed by atoms with van der Waals surface area (Å²) in [6.45, 7) is 2.15. The molecule has 0 spiro atoms. The van der Waals surface area contributed by atoms with Crippen LogP contribution in [0.1, 0.15) is 25.8 Å². The fourth-order valence-electron chi connectivity index (χ4n) is 2.31. The van der Waals surface area contributed by atoms with E-state index in [-0.39, 0.29) is 5.82 Å². The number of hydrogen-bond acceptors (Lipinski definition) is 2. The molecule has 1 atom stereocenters. The van der Waals surface area contributed by atoms with Crippen LogP contribution < -0.4 is 5.73 Å². The van der Waals surface area contributed by atoms with Crippen LogP contribution in [0.5, 0.6) is 0 Å². The second-order valence-corrected chi connectivity index (χ2v) is 4.55. The second kappa shape index (κ2) is 3.20. The first-order valence-electron chi connectivity index (χ1n) is 5.60. The van der Waals surface area contributed by atoms with Gasteiger partial charge in [-0.25, -0.2) is 9.37 Å². The summed E-state index contributed by atoms with van der Waals surface area (Å²) < 4.78 is 15.1. The highest BCUT2D eigenvalue weighted by Gasteiger charge is 2.31. The zero-order valence-electron chi connectivity index (χ0n) is 9.15. The fourth-order valence-corrected chi connectivity index (χ4v) is 2.31. The topological polar surface area (TPSA) is 43.8 Å². The van der Waals surface area contributed by atoms with Gasteiger partial charge in [-0.05, 0) is 37.8 Å². The van der Waals surface area contributed by atoms with E-state index in [1.54, 1.807) is 6.07 Å². The summed E-state index contributed by atoms with van der Waals surface area (Å²) in [4.78, 5) is 4.21. The van der Waals surface area contributed by atoms with E-state index < -0.39 is 0 Å². The number of anilines is 1. The van der Waals surface area contributed by atoms with Crippen LogP contribution >= 0.6 is 0 Å². The van der Waals surface area contributed by atoms with Gasteiger partial charge < -0.3 is 10.3 Å². The molecular weight excluding hydrogens is 205 g/mol. The number of aromatic nitrogens is 2. The predicted octanol–water partition coefficient (Wildman–Crippen LogP) is 2.73. The lowest BCUT2D eigenvalue weighted by molar-refractivity contribution is 0.504. The van der Waals surface area contributed by atoms with E-state index in [1.807, 2.05) is 4.57 Å². The maximum atomic E-state index is 13.1. The molecule has 1 heterocycles. The van der Waals surface area contributed by atoms with E-state index >= 15 is 0 Å². The molecule has 1 saturated carbocycles. The Bertz CT molecular complexity index is 542. The van der Waals surface area contributed by atoms with Crippen LogP contribution in [0, 0.1) is 11.7 Å². The van der Waals surface area contributed by atoms with E-state index in [0.717, 1.165) is 5.52 Å². The minimum absolute atomic E-state index is 0.267. The van der Waals surface area contributed by atoms with Gasteiger partial charge in [0, 0.05) is 12.1 Å². The van der Waals surface area contributed by atoms with Crippen LogP contribution in [0.2, 0.25) is 0 Å². The monoisotopic (exact) mass is 219 g/mol. The van der Waals surface area contributed by atoms with Crippen LogP contribution in [0.25, 0.3) is 11.0 Å². The highest BCUT2D eigenvalue weighted by atomic mass is 19.1. The normalized spacial score (nSPS) is 17.9. The zero-order chi connectivity index (χ0) is 11.3. The van der Waals surface area contributed by atoms with Crippen molar-refractivity contribution in [2.75, 3.05) is 5.73 Å². The van der Waals surface area contributed by atoms with Crippen molar-refractivity contribution in [2.45, 2.75) is 25.8 Å². The largest absolute Gasteiger partial charge is 0.369 e. The van der Waals surface area contributed by atoms with Crippen LogP contribution in [-0.4, -0.2) is 9.55 Å². The smallest absolute Gasteiger partial charge is 0.201 e. The standard InChI is InChI=1S/C12H14FN3/c1-7(8-2-3-8)16-11-5-4-9(13)6-10(11)15-12(16)14/h4-8H,2-3H2,1H3,(H2,14,15). The van der Waals surface area contributed by atoms with Crippen molar-refractivity contribution >= 4 is 17.0 Å². The van der Waals surface area contributed by atoms with Gasteiger partial charge in [-0.1, -0.05) is 0 Å². The molecule has 4 heteroatoms. The molecule has 2 N–H and O–H groups in total. The van der Waals surface area contributed by atoms with Gasteiger partial charge in [0.15, 0.2) is 0 Å². The minimum atomic E-state index is -0.267. The Morgan fingerprint density at radius 2 is 2.25 bits per heavy atom. The molecule has 16 heavy (non-hydrogen) atoms. The summed E-state index contributed by atoms with van der Waals surface area (Å²) in [6, 6.07) is 5.00. The van der Waals surface area contributed by atoms with E-state index in [2.05, 4.69) is 11.9 Å². The first kappa shape index (κ1) is 9.63. The predicted molar refractivity (Wildman–Crippen MR) is 61.5 cm³/mol. The Hall–Kier alpha value is -1.58. The van der Waals surface area contributed by atoms with Gasteiger partial charge in [-0.2, -0.15) is 0 Å². The molecule has 3 rings (SSSR count). The Kier molecular flexibility index (Phi) is 1.93. The number of hydrogen-bond donors (Lipinski definition) is 1. The highest BCUT2D eigenvalue weighted by molar-refractivity contribution is 5.78. The number of imidazole rings is 1. The third kappa shape index (κ3) is 1.37. The molecule has 0 amide bonds. The number of nitrogen functional groups attached to an aromatic ring is 1. The Morgan fingerprint density at radius 3 is 2.94 bits per heavy atom. The van der Waals surface area contributed by atoms with Crippen molar-refractivity contribution in [2.24, 2.45) is 5.92 Å². The third-order valence-electron chi connectivity index (χ3n) is 3.39.